The summed E-state index contributed by atoms with van der Waals surface area (Å²) < 4.78 is 5.69. The lowest BCUT2D eigenvalue weighted by Crippen LogP contribution is -2.35. The molecule has 0 atom stereocenters. The lowest BCUT2D eigenvalue weighted by molar-refractivity contribution is -0.137. The number of carboxylic acids is 1. The van der Waals surface area contributed by atoms with Gasteiger partial charge in [0.15, 0.2) is 5.76 Å². The predicted molar refractivity (Wildman–Crippen MR) is 77.3 cm³/mol. The van der Waals surface area contributed by atoms with Gasteiger partial charge in [0.25, 0.3) is 5.91 Å². The first-order valence-electron chi connectivity index (χ1n) is 7.09. The number of amides is 1. The van der Waals surface area contributed by atoms with Crippen LogP contribution in [0.2, 0.25) is 0 Å². The molecule has 1 heterocycles. The van der Waals surface area contributed by atoms with E-state index >= 15 is 0 Å². The van der Waals surface area contributed by atoms with Crippen LogP contribution in [0.25, 0.3) is 11.0 Å². The second-order valence-electron chi connectivity index (χ2n) is 5.43. The van der Waals surface area contributed by atoms with Crippen LogP contribution < -0.4 is 0 Å². The molecule has 1 aromatic carbocycles. The number of fused-ring (bicyclic) bond motifs is 1. The zero-order valence-electron chi connectivity index (χ0n) is 11.8. The number of furan rings is 1. The summed E-state index contributed by atoms with van der Waals surface area (Å²) in [7, 11) is 0. The molecule has 0 radical (unpaired) electrons. The van der Waals surface area contributed by atoms with Gasteiger partial charge < -0.3 is 14.4 Å². The van der Waals surface area contributed by atoms with Crippen LogP contribution >= 0.6 is 0 Å². The topological polar surface area (TPSA) is 70.8 Å². The third kappa shape index (κ3) is 2.63. The van der Waals surface area contributed by atoms with E-state index in [1.807, 2.05) is 31.2 Å². The number of carboxylic acid groups (broad SMARTS) is 1. The number of hydrogen-bond acceptors (Lipinski definition) is 3. The number of nitrogens with zero attached hydrogens (tertiary/aromatic N) is 1. The van der Waals surface area contributed by atoms with Gasteiger partial charge in [-0.2, -0.15) is 0 Å². The molecule has 5 nitrogen and oxygen atoms in total. The monoisotopic (exact) mass is 287 g/mol. The van der Waals surface area contributed by atoms with Crippen molar-refractivity contribution in [3.05, 3.63) is 35.6 Å². The molecule has 2 aromatic rings. The molecule has 1 saturated carbocycles. The van der Waals surface area contributed by atoms with E-state index in [2.05, 4.69) is 0 Å². The number of para-hydroxylation sites is 1. The minimum Gasteiger partial charge on any atom is -0.481 e. The molecule has 0 unspecified atom stereocenters. The zero-order valence-corrected chi connectivity index (χ0v) is 11.8. The van der Waals surface area contributed by atoms with E-state index in [1.165, 1.54) is 0 Å². The van der Waals surface area contributed by atoms with Crippen LogP contribution in [0, 0.1) is 6.92 Å². The molecule has 0 spiro atoms. The lowest BCUT2D eigenvalue weighted by atomic mass is 10.1. The van der Waals surface area contributed by atoms with Crippen LogP contribution in [0.5, 0.6) is 0 Å². The summed E-state index contributed by atoms with van der Waals surface area (Å²) in [6, 6.07) is 7.68. The molecule has 1 amide bonds. The maximum atomic E-state index is 12.7. The predicted octanol–water partition coefficient (Wildman–Crippen LogP) is 2.82. The summed E-state index contributed by atoms with van der Waals surface area (Å²) in [5.74, 6) is -0.768. The van der Waals surface area contributed by atoms with E-state index < -0.39 is 5.97 Å². The minimum atomic E-state index is -0.894. The van der Waals surface area contributed by atoms with Crippen molar-refractivity contribution in [1.82, 2.24) is 4.90 Å². The standard InChI is InChI=1S/C16H17NO4/c1-10-12-4-2-3-5-13(12)21-15(10)16(20)17(11-6-7-11)9-8-14(18)19/h2-5,11H,6-9H2,1H3,(H,18,19). The van der Waals surface area contributed by atoms with Crippen LogP contribution in [-0.2, 0) is 4.79 Å². The first-order valence-corrected chi connectivity index (χ1v) is 7.09. The molecule has 1 aliphatic rings. The summed E-state index contributed by atoms with van der Waals surface area (Å²) >= 11 is 0. The Balaban J connectivity index is 1.90. The van der Waals surface area contributed by atoms with Crippen LogP contribution in [0.4, 0.5) is 0 Å². The average molecular weight is 287 g/mol. The summed E-state index contributed by atoms with van der Waals surface area (Å²) in [6.45, 7) is 2.09. The highest BCUT2D eigenvalue weighted by Gasteiger charge is 2.35. The molecule has 0 aliphatic heterocycles. The van der Waals surface area contributed by atoms with Crippen molar-refractivity contribution >= 4 is 22.8 Å². The SMILES string of the molecule is Cc1c(C(=O)N(CCC(=O)O)C2CC2)oc2ccccc12. The van der Waals surface area contributed by atoms with Crippen molar-refractivity contribution < 1.29 is 19.1 Å². The lowest BCUT2D eigenvalue weighted by Gasteiger charge is -2.20. The minimum absolute atomic E-state index is 0.0402. The van der Waals surface area contributed by atoms with Crippen LogP contribution in [0.15, 0.2) is 28.7 Å². The molecule has 3 rings (SSSR count). The van der Waals surface area contributed by atoms with E-state index in [1.54, 1.807) is 4.90 Å². The fraction of sp³-hybridized carbons (Fsp3) is 0.375. The van der Waals surface area contributed by atoms with Gasteiger partial charge in [-0.05, 0) is 25.8 Å². The molecule has 1 fully saturated rings. The maximum Gasteiger partial charge on any atom is 0.305 e. The first kappa shape index (κ1) is 13.7. The third-order valence-corrected chi connectivity index (χ3v) is 3.85. The number of carbonyl (C=O) groups is 2. The van der Waals surface area contributed by atoms with Crippen molar-refractivity contribution in [3.63, 3.8) is 0 Å². The van der Waals surface area contributed by atoms with Crippen LogP contribution in [0.3, 0.4) is 0 Å². The first-order chi connectivity index (χ1) is 10.1. The van der Waals surface area contributed by atoms with Crippen molar-refractivity contribution in [1.29, 1.82) is 0 Å². The van der Waals surface area contributed by atoms with Gasteiger partial charge in [-0.3, -0.25) is 9.59 Å². The molecule has 0 bridgehead atoms. The van der Waals surface area contributed by atoms with Gasteiger partial charge in [0, 0.05) is 23.5 Å². The van der Waals surface area contributed by atoms with Crippen molar-refractivity contribution in [2.24, 2.45) is 0 Å². The smallest absolute Gasteiger partial charge is 0.305 e. The number of aliphatic carboxylic acids is 1. The Kier molecular flexibility index (Phi) is 3.41. The van der Waals surface area contributed by atoms with E-state index in [0.29, 0.717) is 11.3 Å². The Morgan fingerprint density at radius 1 is 1.33 bits per heavy atom. The maximum absolute atomic E-state index is 12.7. The van der Waals surface area contributed by atoms with Gasteiger partial charge in [0.05, 0.1) is 6.42 Å². The highest BCUT2D eigenvalue weighted by Crippen LogP contribution is 2.31. The highest BCUT2D eigenvalue weighted by molar-refractivity contribution is 5.99. The Labute approximate surface area is 122 Å². The molecule has 21 heavy (non-hydrogen) atoms. The number of aryl methyl sites for hydroxylation is 1. The summed E-state index contributed by atoms with van der Waals surface area (Å²) in [6.07, 6.45) is 1.83. The number of rotatable bonds is 5. The number of carbonyl (C=O) groups excluding carboxylic acids is 1. The highest BCUT2D eigenvalue weighted by atomic mass is 16.4. The van der Waals surface area contributed by atoms with Crippen molar-refractivity contribution in [3.8, 4) is 0 Å². The van der Waals surface area contributed by atoms with E-state index in [9.17, 15) is 9.59 Å². The second kappa shape index (κ2) is 5.24. The van der Waals surface area contributed by atoms with Crippen LogP contribution in [-0.4, -0.2) is 34.5 Å². The molecule has 1 aliphatic carbocycles. The second-order valence-corrected chi connectivity index (χ2v) is 5.43. The Morgan fingerprint density at radius 3 is 2.67 bits per heavy atom. The molecule has 5 heteroatoms. The van der Waals surface area contributed by atoms with Crippen molar-refractivity contribution in [2.45, 2.75) is 32.2 Å². The van der Waals surface area contributed by atoms with E-state index in [-0.39, 0.29) is 24.9 Å². The van der Waals surface area contributed by atoms with Gasteiger partial charge in [-0.25, -0.2) is 0 Å². The Morgan fingerprint density at radius 2 is 2.05 bits per heavy atom. The quantitative estimate of drug-likeness (QED) is 0.918. The van der Waals surface area contributed by atoms with Crippen LogP contribution in [0.1, 0.15) is 35.4 Å². The van der Waals surface area contributed by atoms with E-state index in [0.717, 1.165) is 23.8 Å². The normalized spacial score (nSPS) is 14.3. The molecule has 110 valence electrons. The Hall–Kier alpha value is -2.30. The fourth-order valence-corrected chi connectivity index (χ4v) is 2.56. The number of hydrogen-bond donors (Lipinski definition) is 1. The fourth-order valence-electron chi connectivity index (χ4n) is 2.56. The molecular weight excluding hydrogens is 270 g/mol. The third-order valence-electron chi connectivity index (χ3n) is 3.85. The van der Waals surface area contributed by atoms with E-state index in [4.69, 9.17) is 9.52 Å². The molecular formula is C16H17NO4. The van der Waals surface area contributed by atoms with Gasteiger partial charge in [0.1, 0.15) is 5.58 Å². The number of benzene rings is 1. The molecule has 1 aromatic heterocycles. The summed E-state index contributed by atoms with van der Waals surface area (Å²) in [4.78, 5) is 25.1. The van der Waals surface area contributed by atoms with Gasteiger partial charge in [-0.15, -0.1) is 0 Å². The molecule has 1 N–H and O–H groups in total. The summed E-state index contributed by atoms with van der Waals surface area (Å²) in [5, 5.41) is 9.75. The average Bonchev–Trinajstić information content (AvgIpc) is 3.23. The largest absolute Gasteiger partial charge is 0.481 e. The van der Waals surface area contributed by atoms with Gasteiger partial charge in [0.2, 0.25) is 0 Å². The Bertz CT molecular complexity index is 699. The zero-order chi connectivity index (χ0) is 15.0. The molecule has 0 saturated heterocycles. The van der Waals surface area contributed by atoms with Gasteiger partial charge in [-0.1, -0.05) is 18.2 Å². The van der Waals surface area contributed by atoms with Gasteiger partial charge >= 0.3 is 5.97 Å². The van der Waals surface area contributed by atoms with Crippen molar-refractivity contribution in [2.75, 3.05) is 6.54 Å². The summed E-state index contributed by atoms with van der Waals surface area (Å²) in [5.41, 5.74) is 1.50.